The largest absolute Gasteiger partial charge is 0.416 e. The van der Waals surface area contributed by atoms with Gasteiger partial charge in [-0.15, -0.1) is 0 Å². The third-order valence-electron chi connectivity index (χ3n) is 7.19. The van der Waals surface area contributed by atoms with Crippen LogP contribution in [0.15, 0.2) is 77.3 Å². The second kappa shape index (κ2) is 10.3. The van der Waals surface area contributed by atoms with E-state index in [2.05, 4.69) is 20.8 Å². The average Bonchev–Trinajstić information content (AvgIpc) is 3.54. The lowest BCUT2D eigenvalue weighted by Crippen LogP contribution is -2.48. The van der Waals surface area contributed by atoms with Gasteiger partial charge in [-0.3, -0.25) is 9.59 Å². The second-order valence-corrected chi connectivity index (χ2v) is 10.5. The molecular weight excluding hydrogens is 571 g/mol. The molecule has 2 heterocycles. The number of alkyl halides is 3. The highest BCUT2D eigenvalue weighted by molar-refractivity contribution is 6.38. The first-order valence-corrected chi connectivity index (χ1v) is 13.4. The van der Waals surface area contributed by atoms with Crippen LogP contribution in [0.5, 0.6) is 0 Å². The molecule has 0 spiro atoms. The van der Waals surface area contributed by atoms with E-state index in [9.17, 15) is 22.8 Å². The van der Waals surface area contributed by atoms with Crippen molar-refractivity contribution >= 4 is 34.3 Å². The van der Waals surface area contributed by atoms with Crippen LogP contribution >= 0.6 is 11.6 Å². The van der Waals surface area contributed by atoms with Crippen molar-refractivity contribution in [1.29, 1.82) is 0 Å². The number of hydrogen-bond donors (Lipinski definition) is 2. The maximum atomic E-state index is 13.0. The van der Waals surface area contributed by atoms with Crippen LogP contribution in [0.1, 0.15) is 40.2 Å². The number of nitrogens with zero attached hydrogens (tertiary/aromatic N) is 3. The van der Waals surface area contributed by atoms with E-state index in [1.54, 1.807) is 6.92 Å². The number of amides is 2. The number of carbonyl (C=O) groups is 2. The van der Waals surface area contributed by atoms with E-state index in [-0.39, 0.29) is 12.1 Å². The molecule has 2 amide bonds. The van der Waals surface area contributed by atoms with Crippen molar-refractivity contribution in [2.75, 3.05) is 0 Å². The summed E-state index contributed by atoms with van der Waals surface area (Å²) in [4.78, 5) is 30.0. The first-order chi connectivity index (χ1) is 20.1. The molecule has 42 heavy (non-hydrogen) atoms. The Balaban J connectivity index is 1.17. The lowest BCUT2D eigenvalue weighted by atomic mass is 10.1. The average molecular weight is 594 g/mol. The molecular formula is C30H23ClF3N5O3. The van der Waals surface area contributed by atoms with E-state index in [4.69, 9.17) is 16.1 Å². The van der Waals surface area contributed by atoms with Gasteiger partial charge in [0.15, 0.2) is 0 Å². The molecule has 1 fully saturated rings. The van der Waals surface area contributed by atoms with E-state index in [0.29, 0.717) is 35.3 Å². The van der Waals surface area contributed by atoms with Gasteiger partial charge in [0.25, 0.3) is 5.91 Å². The van der Waals surface area contributed by atoms with Crippen molar-refractivity contribution in [3.8, 4) is 17.2 Å². The van der Waals surface area contributed by atoms with Gasteiger partial charge in [0.2, 0.25) is 17.6 Å². The Hall–Kier alpha value is -4.64. The Morgan fingerprint density at radius 2 is 1.79 bits per heavy atom. The van der Waals surface area contributed by atoms with Gasteiger partial charge < -0.3 is 19.7 Å². The SMILES string of the molecule is Cc1nc(-c2c(Cl)c3ccccc3n2-c2ccc(CNC(=O)C3(NC(=O)c4cccc(C(F)(F)F)c4)CC3)cc2)no1. The van der Waals surface area contributed by atoms with Gasteiger partial charge in [0.1, 0.15) is 11.2 Å². The summed E-state index contributed by atoms with van der Waals surface area (Å²) in [7, 11) is 0. The molecule has 1 aliphatic carbocycles. The summed E-state index contributed by atoms with van der Waals surface area (Å²) in [6.45, 7) is 1.88. The van der Waals surface area contributed by atoms with Crippen LogP contribution in [-0.4, -0.2) is 32.1 Å². The van der Waals surface area contributed by atoms with Crippen LogP contribution in [0.3, 0.4) is 0 Å². The van der Waals surface area contributed by atoms with Crippen molar-refractivity contribution in [3.63, 3.8) is 0 Å². The van der Waals surface area contributed by atoms with Crippen molar-refractivity contribution in [3.05, 3.63) is 100 Å². The monoisotopic (exact) mass is 593 g/mol. The van der Waals surface area contributed by atoms with Gasteiger partial charge in [0.05, 0.1) is 16.1 Å². The Morgan fingerprint density at radius 1 is 1.05 bits per heavy atom. The Bertz CT molecular complexity index is 1820. The summed E-state index contributed by atoms with van der Waals surface area (Å²) in [6, 6.07) is 19.2. The number of carbonyl (C=O) groups excluding carboxylic acids is 2. The van der Waals surface area contributed by atoms with Crippen molar-refractivity contribution in [1.82, 2.24) is 25.3 Å². The quantitative estimate of drug-likeness (QED) is 0.233. The fourth-order valence-electron chi connectivity index (χ4n) is 4.84. The summed E-state index contributed by atoms with van der Waals surface area (Å²) in [5.74, 6) is -0.372. The van der Waals surface area contributed by atoms with Crippen LogP contribution in [0, 0.1) is 6.92 Å². The number of hydrogen-bond acceptors (Lipinski definition) is 5. The molecule has 5 aromatic rings. The number of nitrogens with one attached hydrogen (secondary N) is 2. The second-order valence-electron chi connectivity index (χ2n) is 10.1. The summed E-state index contributed by atoms with van der Waals surface area (Å²) in [5.41, 5.74) is 0.791. The minimum absolute atomic E-state index is 0.160. The fourth-order valence-corrected chi connectivity index (χ4v) is 5.17. The smallest absolute Gasteiger partial charge is 0.350 e. The first kappa shape index (κ1) is 27.5. The molecule has 0 atom stereocenters. The predicted molar refractivity (Wildman–Crippen MR) is 149 cm³/mol. The maximum Gasteiger partial charge on any atom is 0.416 e. The van der Waals surface area contributed by atoms with Gasteiger partial charge in [-0.05, 0) is 54.8 Å². The summed E-state index contributed by atoms with van der Waals surface area (Å²) in [5, 5.41) is 10.8. The number of para-hydroxylation sites is 1. The third-order valence-corrected chi connectivity index (χ3v) is 7.57. The van der Waals surface area contributed by atoms with Gasteiger partial charge in [0, 0.05) is 30.1 Å². The normalized spacial score (nSPS) is 14.1. The van der Waals surface area contributed by atoms with E-state index >= 15 is 0 Å². The molecule has 6 rings (SSSR count). The van der Waals surface area contributed by atoms with E-state index in [1.807, 2.05) is 53.1 Å². The highest BCUT2D eigenvalue weighted by atomic mass is 35.5. The van der Waals surface area contributed by atoms with Crippen LogP contribution < -0.4 is 10.6 Å². The molecule has 12 heteroatoms. The molecule has 0 radical (unpaired) electrons. The van der Waals surface area contributed by atoms with Gasteiger partial charge in [-0.1, -0.05) is 53.2 Å². The van der Waals surface area contributed by atoms with Crippen LogP contribution in [0.4, 0.5) is 13.2 Å². The highest BCUT2D eigenvalue weighted by Gasteiger charge is 2.51. The highest BCUT2D eigenvalue weighted by Crippen LogP contribution is 2.39. The number of rotatable bonds is 7. The molecule has 0 aliphatic heterocycles. The first-order valence-electron chi connectivity index (χ1n) is 13.0. The lowest BCUT2D eigenvalue weighted by Gasteiger charge is -2.18. The fraction of sp³-hybridized carbons (Fsp3) is 0.200. The zero-order valence-corrected chi connectivity index (χ0v) is 22.9. The molecule has 0 saturated heterocycles. The molecule has 1 saturated carbocycles. The standard InChI is InChI=1S/C30H23ClF3N5O3/c1-17-36-26(38-42-17)25-24(31)22-7-2-3-8-23(22)39(25)21-11-9-18(10-12-21)16-35-28(41)29(13-14-29)37-27(40)19-5-4-6-20(15-19)30(32,33)34/h2-12,15H,13-14,16H2,1H3,(H,35,41)(H,37,40). The van der Waals surface area contributed by atoms with Crippen LogP contribution in [-0.2, 0) is 17.5 Å². The maximum absolute atomic E-state index is 13.0. The predicted octanol–water partition coefficient (Wildman–Crippen LogP) is 6.24. The van der Waals surface area contributed by atoms with Gasteiger partial charge >= 0.3 is 6.18 Å². The molecule has 0 bridgehead atoms. The topological polar surface area (TPSA) is 102 Å². The molecule has 8 nitrogen and oxygen atoms in total. The Morgan fingerprint density at radius 3 is 2.45 bits per heavy atom. The van der Waals surface area contributed by atoms with E-state index < -0.39 is 29.1 Å². The van der Waals surface area contributed by atoms with Gasteiger partial charge in [-0.2, -0.15) is 18.2 Å². The molecule has 1 aliphatic rings. The molecule has 0 unspecified atom stereocenters. The summed E-state index contributed by atoms with van der Waals surface area (Å²) < 4.78 is 46.3. The van der Waals surface area contributed by atoms with Crippen LogP contribution in [0.2, 0.25) is 5.02 Å². The van der Waals surface area contributed by atoms with E-state index in [0.717, 1.165) is 40.4 Å². The lowest BCUT2D eigenvalue weighted by molar-refractivity contribution is -0.137. The molecule has 2 N–H and O–H groups in total. The molecule has 2 aromatic heterocycles. The molecule has 214 valence electrons. The summed E-state index contributed by atoms with van der Waals surface area (Å²) >= 11 is 6.75. The van der Waals surface area contributed by atoms with Crippen molar-refractivity contribution in [2.45, 2.75) is 38.0 Å². The van der Waals surface area contributed by atoms with E-state index in [1.165, 1.54) is 6.07 Å². The number of aromatic nitrogens is 3. The van der Waals surface area contributed by atoms with Crippen LogP contribution in [0.25, 0.3) is 28.1 Å². The zero-order valence-electron chi connectivity index (χ0n) is 22.1. The zero-order chi connectivity index (χ0) is 29.6. The summed E-state index contributed by atoms with van der Waals surface area (Å²) in [6.07, 6.45) is -3.79. The Labute approximate surface area is 242 Å². The van der Waals surface area contributed by atoms with Crippen molar-refractivity contribution in [2.24, 2.45) is 0 Å². The third kappa shape index (κ3) is 5.11. The number of fused-ring (bicyclic) bond motifs is 1. The number of halogens is 4. The minimum Gasteiger partial charge on any atom is -0.350 e. The van der Waals surface area contributed by atoms with Crippen molar-refractivity contribution < 1.29 is 27.3 Å². The Kier molecular flexibility index (Phi) is 6.77. The van der Waals surface area contributed by atoms with Gasteiger partial charge in [-0.25, -0.2) is 0 Å². The minimum atomic E-state index is -4.57. The molecule has 3 aromatic carbocycles. The number of aryl methyl sites for hydroxylation is 1. The number of benzene rings is 3.